The van der Waals surface area contributed by atoms with Crippen LogP contribution in [0, 0.1) is 6.92 Å². The molecule has 2 aromatic carbocycles. The maximum absolute atomic E-state index is 12.8. The molecule has 0 aliphatic rings. The minimum atomic E-state index is -4.48. The second-order valence-corrected chi connectivity index (χ2v) is 7.88. The van der Waals surface area contributed by atoms with Crippen molar-refractivity contribution >= 4 is 40.1 Å². The number of aromatic nitrogens is 1. The molecule has 0 aliphatic heterocycles. The van der Waals surface area contributed by atoms with Crippen molar-refractivity contribution in [2.45, 2.75) is 19.5 Å². The van der Waals surface area contributed by atoms with Gasteiger partial charge in [-0.1, -0.05) is 41.4 Å². The fourth-order valence-corrected chi connectivity index (χ4v) is 3.66. The Bertz CT molecular complexity index is 1060. The fourth-order valence-electron chi connectivity index (χ4n) is 2.63. The first-order chi connectivity index (χ1) is 13.7. The van der Waals surface area contributed by atoms with Gasteiger partial charge in [-0.25, -0.2) is 4.98 Å². The summed E-state index contributed by atoms with van der Waals surface area (Å²) >= 11 is 7.26. The van der Waals surface area contributed by atoms with Gasteiger partial charge in [0.1, 0.15) is 0 Å². The smallest absolute Gasteiger partial charge is 0.298 e. The van der Waals surface area contributed by atoms with Gasteiger partial charge in [0.05, 0.1) is 5.56 Å². The predicted molar refractivity (Wildman–Crippen MR) is 110 cm³/mol. The van der Waals surface area contributed by atoms with Crippen LogP contribution in [-0.2, 0) is 17.4 Å². The van der Waals surface area contributed by atoms with E-state index in [1.807, 2.05) is 25.1 Å². The van der Waals surface area contributed by atoms with Crippen LogP contribution < -0.4 is 5.32 Å². The van der Waals surface area contributed by atoms with Crippen molar-refractivity contribution < 1.29 is 18.0 Å². The van der Waals surface area contributed by atoms with E-state index in [1.54, 1.807) is 6.20 Å². The van der Waals surface area contributed by atoms with E-state index in [0.29, 0.717) is 11.6 Å². The minimum absolute atomic E-state index is 0.107. The number of nitrogens with zero attached hydrogens (tertiary/aromatic N) is 1. The van der Waals surface area contributed by atoms with Crippen LogP contribution in [0.25, 0.3) is 6.08 Å². The highest BCUT2D eigenvalue weighted by atomic mass is 35.5. The van der Waals surface area contributed by atoms with E-state index in [2.05, 4.69) is 16.4 Å². The van der Waals surface area contributed by atoms with Gasteiger partial charge in [-0.05, 0) is 42.3 Å². The van der Waals surface area contributed by atoms with Crippen LogP contribution >= 0.6 is 22.9 Å². The first kappa shape index (κ1) is 21.1. The zero-order chi connectivity index (χ0) is 21.0. The average molecular weight is 437 g/mol. The highest BCUT2D eigenvalue weighted by Crippen LogP contribution is 2.32. The molecule has 0 atom stereocenters. The number of nitrogens with one attached hydrogen (secondary N) is 1. The van der Waals surface area contributed by atoms with Crippen LogP contribution in [0.5, 0.6) is 0 Å². The summed E-state index contributed by atoms with van der Waals surface area (Å²) in [6, 6.07) is 11.1. The van der Waals surface area contributed by atoms with Gasteiger partial charge in [-0.2, -0.15) is 13.2 Å². The average Bonchev–Trinajstić information content (AvgIpc) is 3.06. The van der Waals surface area contributed by atoms with Gasteiger partial charge in [0, 0.05) is 28.6 Å². The van der Waals surface area contributed by atoms with Crippen molar-refractivity contribution in [3.05, 3.63) is 86.9 Å². The Morgan fingerprint density at radius 1 is 1.24 bits per heavy atom. The lowest BCUT2D eigenvalue weighted by Gasteiger charge is -2.08. The molecule has 0 saturated carbocycles. The van der Waals surface area contributed by atoms with Crippen LogP contribution in [-0.4, -0.2) is 10.9 Å². The molecule has 0 aliphatic carbocycles. The normalized spacial score (nSPS) is 11.8. The van der Waals surface area contributed by atoms with E-state index < -0.39 is 17.6 Å². The van der Waals surface area contributed by atoms with Crippen molar-refractivity contribution in [1.82, 2.24) is 4.98 Å². The quantitative estimate of drug-likeness (QED) is 0.472. The lowest BCUT2D eigenvalue weighted by atomic mass is 10.1. The molecule has 0 spiro atoms. The molecule has 0 unspecified atom stereocenters. The lowest BCUT2D eigenvalue weighted by Crippen LogP contribution is -2.07. The maximum Gasteiger partial charge on any atom is 0.416 e. The number of anilines is 1. The number of aryl methyl sites for hydroxylation is 1. The Labute approximate surface area is 174 Å². The molecule has 29 heavy (non-hydrogen) atoms. The molecule has 0 saturated heterocycles. The van der Waals surface area contributed by atoms with Crippen molar-refractivity contribution in [3.8, 4) is 0 Å². The van der Waals surface area contributed by atoms with E-state index in [4.69, 9.17) is 11.6 Å². The summed E-state index contributed by atoms with van der Waals surface area (Å²) in [5.74, 6) is -0.505. The Kier molecular flexibility index (Phi) is 6.39. The number of alkyl halides is 3. The third-order valence-corrected chi connectivity index (χ3v) is 5.24. The van der Waals surface area contributed by atoms with Crippen molar-refractivity contribution in [2.24, 2.45) is 0 Å². The summed E-state index contributed by atoms with van der Waals surface area (Å²) in [5.41, 5.74) is 1.59. The zero-order valence-corrected chi connectivity index (χ0v) is 16.8. The van der Waals surface area contributed by atoms with E-state index in [1.165, 1.54) is 23.0 Å². The number of amides is 1. The molecule has 3 rings (SSSR count). The summed E-state index contributed by atoms with van der Waals surface area (Å²) in [6.07, 6.45) is 0.280. The SMILES string of the molecule is Cc1cccc(Cc2cnc(NC(=O)/C=C/c3cc(C(F)(F)F)ccc3Cl)s2)c1. The van der Waals surface area contributed by atoms with Gasteiger partial charge in [0.2, 0.25) is 5.91 Å². The van der Waals surface area contributed by atoms with E-state index in [9.17, 15) is 18.0 Å². The number of benzene rings is 2. The molecule has 1 amide bonds. The molecular weight excluding hydrogens is 421 g/mol. The first-order valence-corrected chi connectivity index (χ1v) is 9.76. The number of carbonyl (C=O) groups is 1. The Balaban J connectivity index is 1.65. The molecule has 1 heterocycles. The highest BCUT2D eigenvalue weighted by Gasteiger charge is 2.30. The van der Waals surface area contributed by atoms with Gasteiger partial charge in [-0.3, -0.25) is 10.1 Å². The number of halogens is 4. The molecule has 1 N–H and O–H groups in total. The van der Waals surface area contributed by atoms with Crippen molar-refractivity contribution in [2.75, 3.05) is 5.32 Å². The van der Waals surface area contributed by atoms with E-state index in [-0.39, 0.29) is 10.6 Å². The fraction of sp³-hybridized carbons (Fsp3) is 0.143. The van der Waals surface area contributed by atoms with Gasteiger partial charge in [-0.15, -0.1) is 11.3 Å². The summed E-state index contributed by atoms with van der Waals surface area (Å²) < 4.78 is 38.4. The predicted octanol–water partition coefficient (Wildman–Crippen LogP) is 6.37. The van der Waals surface area contributed by atoms with Crippen LogP contribution in [0.2, 0.25) is 5.02 Å². The number of thiazole rings is 1. The Hall–Kier alpha value is -2.64. The van der Waals surface area contributed by atoms with Gasteiger partial charge in [0.15, 0.2) is 5.13 Å². The molecule has 8 heteroatoms. The van der Waals surface area contributed by atoms with Gasteiger partial charge < -0.3 is 0 Å². The van der Waals surface area contributed by atoms with Crippen LogP contribution in [0.3, 0.4) is 0 Å². The number of hydrogen-bond donors (Lipinski definition) is 1. The standard InChI is InChI=1S/C21H16ClF3N2OS/c1-13-3-2-4-14(9-13)10-17-12-26-20(29-17)27-19(28)8-5-15-11-16(21(23,24)25)6-7-18(15)22/h2-9,11-12H,10H2,1H3,(H,26,27,28)/b8-5+. The number of rotatable bonds is 5. The molecule has 0 fully saturated rings. The van der Waals surface area contributed by atoms with Crippen LogP contribution in [0.4, 0.5) is 18.3 Å². The number of hydrogen-bond acceptors (Lipinski definition) is 3. The Morgan fingerprint density at radius 2 is 2.03 bits per heavy atom. The molecule has 3 aromatic rings. The topological polar surface area (TPSA) is 42.0 Å². The molecule has 0 radical (unpaired) electrons. The molecule has 1 aromatic heterocycles. The summed E-state index contributed by atoms with van der Waals surface area (Å²) in [5, 5.41) is 3.15. The van der Waals surface area contributed by atoms with Gasteiger partial charge in [0.25, 0.3) is 0 Å². The van der Waals surface area contributed by atoms with Gasteiger partial charge >= 0.3 is 6.18 Å². The highest BCUT2D eigenvalue weighted by molar-refractivity contribution is 7.15. The lowest BCUT2D eigenvalue weighted by molar-refractivity contribution is -0.137. The third kappa shape index (κ3) is 5.92. The summed E-state index contributed by atoms with van der Waals surface area (Å²) in [7, 11) is 0. The summed E-state index contributed by atoms with van der Waals surface area (Å²) in [6.45, 7) is 2.02. The molecule has 3 nitrogen and oxygen atoms in total. The van der Waals surface area contributed by atoms with Crippen molar-refractivity contribution in [1.29, 1.82) is 0 Å². The van der Waals surface area contributed by atoms with E-state index in [0.717, 1.165) is 34.7 Å². The molecular formula is C21H16ClF3N2OS. The monoisotopic (exact) mass is 436 g/mol. The Morgan fingerprint density at radius 3 is 2.76 bits per heavy atom. The molecule has 0 bridgehead atoms. The maximum atomic E-state index is 12.8. The summed E-state index contributed by atoms with van der Waals surface area (Å²) in [4.78, 5) is 17.2. The minimum Gasteiger partial charge on any atom is -0.298 e. The molecule has 150 valence electrons. The third-order valence-electron chi connectivity index (χ3n) is 3.98. The van der Waals surface area contributed by atoms with Crippen molar-refractivity contribution in [3.63, 3.8) is 0 Å². The van der Waals surface area contributed by atoms with Crippen LogP contribution in [0.15, 0.2) is 54.7 Å². The number of carbonyl (C=O) groups excluding carboxylic acids is 1. The second-order valence-electron chi connectivity index (χ2n) is 6.35. The largest absolute Gasteiger partial charge is 0.416 e. The zero-order valence-electron chi connectivity index (χ0n) is 15.3. The first-order valence-electron chi connectivity index (χ1n) is 8.57. The van der Waals surface area contributed by atoms with E-state index >= 15 is 0 Å². The second kappa shape index (κ2) is 8.80. The van der Waals surface area contributed by atoms with Crippen LogP contribution in [0.1, 0.15) is 27.1 Å².